The van der Waals surface area contributed by atoms with Crippen LogP contribution in [0.3, 0.4) is 0 Å². The second-order valence-corrected chi connectivity index (χ2v) is 10.1. The van der Waals surface area contributed by atoms with Gasteiger partial charge in [-0.2, -0.15) is 0 Å². The number of ether oxygens (including phenoxy) is 2. The number of hydrogen-bond donors (Lipinski definition) is 0. The minimum absolute atomic E-state index is 0.0881. The van der Waals surface area contributed by atoms with Crippen LogP contribution in [0, 0.1) is 11.3 Å². The molecule has 0 bridgehead atoms. The average molecular weight is 410 g/mol. The molecule has 1 saturated heterocycles. The van der Waals surface area contributed by atoms with E-state index in [1.807, 2.05) is 0 Å². The van der Waals surface area contributed by atoms with Crippen molar-refractivity contribution in [2.45, 2.75) is 71.6 Å². The molecule has 0 radical (unpaired) electrons. The van der Waals surface area contributed by atoms with Crippen LogP contribution >= 0.6 is 0 Å². The van der Waals surface area contributed by atoms with Crippen molar-refractivity contribution in [2.75, 3.05) is 13.7 Å². The van der Waals surface area contributed by atoms with E-state index in [2.05, 4.69) is 62.1 Å². The number of methoxy groups -OCH3 is 1. The van der Waals surface area contributed by atoms with Crippen LogP contribution in [0.2, 0.25) is 0 Å². The number of benzene rings is 2. The third-order valence-electron chi connectivity index (χ3n) is 7.07. The van der Waals surface area contributed by atoms with E-state index in [0.29, 0.717) is 11.5 Å². The molecule has 0 N–H and O–H groups in total. The monoisotopic (exact) mass is 409 g/mol. The molecule has 1 saturated carbocycles. The van der Waals surface area contributed by atoms with Crippen LogP contribution in [0.15, 0.2) is 36.4 Å². The lowest BCUT2D eigenvalue weighted by molar-refractivity contribution is -0.152. The quantitative estimate of drug-likeness (QED) is 0.605. The van der Waals surface area contributed by atoms with Crippen molar-refractivity contribution < 1.29 is 14.3 Å². The standard InChI is InChI=1S/C26H35NO3/c1-26(2,3)21-8-11-22(12-9-21)30-23-10-7-19-15-18(5-6-20(19)16-23)17-27-14-13-24(27)25(28)29-4/h5-7,10,15-16,21-22,24H,8-9,11-14,17H2,1-4H3. The fourth-order valence-electron chi connectivity index (χ4n) is 4.95. The summed E-state index contributed by atoms with van der Waals surface area (Å²) in [6, 6.07) is 12.9. The molecule has 0 aromatic heterocycles. The van der Waals surface area contributed by atoms with Gasteiger partial charge < -0.3 is 9.47 Å². The molecule has 1 aliphatic heterocycles. The van der Waals surface area contributed by atoms with E-state index in [9.17, 15) is 4.79 Å². The molecular formula is C26H35NO3. The fourth-order valence-corrected chi connectivity index (χ4v) is 4.95. The lowest BCUT2D eigenvalue weighted by Crippen LogP contribution is -2.52. The molecule has 1 aliphatic carbocycles. The van der Waals surface area contributed by atoms with Gasteiger partial charge in [-0.25, -0.2) is 0 Å². The van der Waals surface area contributed by atoms with Crippen molar-refractivity contribution in [1.29, 1.82) is 0 Å². The normalized spacial score (nSPS) is 25.0. The third kappa shape index (κ3) is 4.64. The number of rotatable bonds is 5. The smallest absolute Gasteiger partial charge is 0.323 e. The van der Waals surface area contributed by atoms with Gasteiger partial charge in [0.05, 0.1) is 13.2 Å². The summed E-state index contributed by atoms with van der Waals surface area (Å²) in [5.74, 6) is 1.65. The van der Waals surface area contributed by atoms with Crippen molar-refractivity contribution >= 4 is 16.7 Å². The molecule has 30 heavy (non-hydrogen) atoms. The molecule has 2 fully saturated rings. The minimum Gasteiger partial charge on any atom is -0.490 e. The van der Waals surface area contributed by atoms with E-state index in [1.54, 1.807) is 0 Å². The Morgan fingerprint density at radius 3 is 2.33 bits per heavy atom. The topological polar surface area (TPSA) is 38.8 Å². The number of carbonyl (C=O) groups is 1. The van der Waals surface area contributed by atoms with Gasteiger partial charge >= 0.3 is 5.97 Å². The Hall–Kier alpha value is -2.07. The van der Waals surface area contributed by atoms with E-state index in [0.717, 1.165) is 44.0 Å². The highest BCUT2D eigenvalue weighted by Gasteiger charge is 2.34. The van der Waals surface area contributed by atoms with E-state index < -0.39 is 0 Å². The molecule has 0 spiro atoms. The molecular weight excluding hydrogens is 374 g/mol. The number of hydrogen-bond acceptors (Lipinski definition) is 4. The second-order valence-electron chi connectivity index (χ2n) is 10.1. The van der Waals surface area contributed by atoms with Crippen molar-refractivity contribution in [2.24, 2.45) is 11.3 Å². The average Bonchev–Trinajstić information content (AvgIpc) is 2.70. The SMILES string of the molecule is COC(=O)C1CCN1Cc1ccc2cc(OC3CCC(C(C)(C)C)CC3)ccc2c1. The first-order chi connectivity index (χ1) is 14.3. The first kappa shape index (κ1) is 21.2. The van der Waals surface area contributed by atoms with Crippen LogP contribution in [0.5, 0.6) is 5.75 Å². The van der Waals surface area contributed by atoms with Gasteiger partial charge in [-0.15, -0.1) is 0 Å². The summed E-state index contributed by atoms with van der Waals surface area (Å²) >= 11 is 0. The summed E-state index contributed by atoms with van der Waals surface area (Å²) in [4.78, 5) is 14.0. The van der Waals surface area contributed by atoms with Crippen LogP contribution in [0.1, 0.15) is 58.4 Å². The van der Waals surface area contributed by atoms with Gasteiger partial charge in [0, 0.05) is 13.1 Å². The van der Waals surface area contributed by atoms with Crippen LogP contribution in [0.25, 0.3) is 10.8 Å². The Bertz CT molecular complexity index is 893. The Labute approximate surface area is 180 Å². The summed E-state index contributed by atoms with van der Waals surface area (Å²) < 4.78 is 11.2. The molecule has 0 amide bonds. The van der Waals surface area contributed by atoms with Gasteiger partial charge in [0.1, 0.15) is 11.8 Å². The number of esters is 1. The van der Waals surface area contributed by atoms with Gasteiger partial charge in [-0.05, 0) is 78.0 Å². The molecule has 2 aliphatic rings. The first-order valence-electron chi connectivity index (χ1n) is 11.3. The summed E-state index contributed by atoms with van der Waals surface area (Å²) in [5, 5.41) is 2.42. The summed E-state index contributed by atoms with van der Waals surface area (Å²) in [6.45, 7) is 8.79. The first-order valence-corrected chi connectivity index (χ1v) is 11.3. The van der Waals surface area contributed by atoms with Crippen LogP contribution in [0.4, 0.5) is 0 Å². The number of nitrogens with zero attached hydrogens (tertiary/aromatic N) is 1. The molecule has 4 heteroatoms. The lowest BCUT2D eigenvalue weighted by atomic mass is 9.72. The van der Waals surface area contributed by atoms with Gasteiger partial charge in [0.15, 0.2) is 0 Å². The predicted molar refractivity (Wildman–Crippen MR) is 121 cm³/mol. The molecule has 2 aromatic carbocycles. The maximum Gasteiger partial charge on any atom is 0.323 e. The van der Waals surface area contributed by atoms with Crippen LogP contribution in [-0.4, -0.2) is 36.7 Å². The van der Waals surface area contributed by atoms with E-state index >= 15 is 0 Å². The molecule has 4 nitrogen and oxygen atoms in total. The predicted octanol–water partition coefficient (Wildman–Crippen LogP) is 5.57. The van der Waals surface area contributed by atoms with Crippen molar-refractivity contribution in [3.05, 3.63) is 42.0 Å². The maximum absolute atomic E-state index is 11.8. The van der Waals surface area contributed by atoms with Crippen LogP contribution < -0.4 is 4.74 Å². The summed E-state index contributed by atoms with van der Waals surface area (Å²) in [6.07, 6.45) is 6.04. The number of fused-ring (bicyclic) bond motifs is 1. The molecule has 1 atom stereocenters. The second kappa shape index (κ2) is 8.58. The zero-order chi connectivity index (χ0) is 21.3. The van der Waals surface area contributed by atoms with Gasteiger partial charge in [0.25, 0.3) is 0 Å². The Balaban J connectivity index is 1.37. The zero-order valence-corrected chi connectivity index (χ0v) is 18.8. The lowest BCUT2D eigenvalue weighted by Gasteiger charge is -2.38. The van der Waals surface area contributed by atoms with Crippen molar-refractivity contribution in [3.8, 4) is 5.75 Å². The van der Waals surface area contributed by atoms with Crippen molar-refractivity contribution in [1.82, 2.24) is 4.90 Å². The number of likely N-dealkylation sites (tertiary alicyclic amines) is 1. The van der Waals surface area contributed by atoms with Gasteiger partial charge in [-0.1, -0.05) is 39.0 Å². The Kier molecular flexibility index (Phi) is 6.06. The molecule has 4 rings (SSSR count). The zero-order valence-electron chi connectivity index (χ0n) is 18.8. The van der Waals surface area contributed by atoms with E-state index in [1.165, 1.54) is 36.3 Å². The highest BCUT2D eigenvalue weighted by molar-refractivity contribution is 5.84. The van der Waals surface area contributed by atoms with Crippen molar-refractivity contribution in [3.63, 3.8) is 0 Å². The minimum atomic E-state index is -0.125. The summed E-state index contributed by atoms with van der Waals surface area (Å²) in [7, 11) is 1.46. The third-order valence-corrected chi connectivity index (χ3v) is 7.07. The molecule has 1 unspecified atom stereocenters. The molecule has 1 heterocycles. The highest BCUT2D eigenvalue weighted by atomic mass is 16.5. The molecule has 162 valence electrons. The van der Waals surface area contributed by atoms with Gasteiger partial charge in [-0.3, -0.25) is 9.69 Å². The molecule has 2 aromatic rings. The fraction of sp³-hybridized carbons (Fsp3) is 0.577. The number of carbonyl (C=O) groups excluding carboxylic acids is 1. The van der Waals surface area contributed by atoms with Crippen LogP contribution in [-0.2, 0) is 16.1 Å². The highest BCUT2D eigenvalue weighted by Crippen LogP contribution is 2.39. The Morgan fingerprint density at radius 2 is 1.70 bits per heavy atom. The van der Waals surface area contributed by atoms with E-state index in [-0.39, 0.29) is 12.0 Å². The van der Waals surface area contributed by atoms with E-state index in [4.69, 9.17) is 9.47 Å². The maximum atomic E-state index is 11.8. The largest absolute Gasteiger partial charge is 0.490 e. The Morgan fingerprint density at radius 1 is 1.00 bits per heavy atom. The summed E-state index contributed by atoms with van der Waals surface area (Å²) in [5.41, 5.74) is 1.63. The van der Waals surface area contributed by atoms with Gasteiger partial charge in [0.2, 0.25) is 0 Å².